The van der Waals surface area contributed by atoms with E-state index in [1.165, 1.54) is 45.3 Å². The van der Waals surface area contributed by atoms with Crippen LogP contribution in [-0.4, -0.2) is 111 Å². The van der Waals surface area contributed by atoms with Crippen LogP contribution < -0.4 is 4.74 Å². The Morgan fingerprint density at radius 1 is 0.592 bits per heavy atom. The van der Waals surface area contributed by atoms with E-state index in [0.717, 1.165) is 12.8 Å². The Bertz CT molecular complexity index is 638. The van der Waals surface area contributed by atoms with Gasteiger partial charge in [0.2, 0.25) is 5.79 Å². The first-order valence-corrected chi connectivity index (χ1v) is 17.5. The van der Waals surface area contributed by atoms with Crippen molar-refractivity contribution in [3.8, 4) is 5.75 Å². The van der Waals surface area contributed by atoms with Gasteiger partial charge < -0.3 is 55.4 Å². The molecule has 0 radical (unpaired) electrons. The second kappa shape index (κ2) is 67.8. The summed E-state index contributed by atoms with van der Waals surface area (Å²) < 4.78 is 11.8. The molecule has 0 fully saturated rings. The maximum absolute atomic E-state index is 11.0. The minimum atomic E-state index is -0.988. The SMILES string of the molecule is CCCCCCCCCC(C)(OC=C(C)C(=O)O)Oc1ccccc1.CCO.CCO.CCO.CCO.CCO.CCO.CCO.CCO. The summed E-state index contributed by atoms with van der Waals surface area (Å²) in [6.45, 7) is 21.0. The highest BCUT2D eigenvalue weighted by atomic mass is 16.7. The van der Waals surface area contributed by atoms with Crippen molar-refractivity contribution >= 4 is 5.97 Å². The third kappa shape index (κ3) is 92.6. The smallest absolute Gasteiger partial charge is 0.334 e. The van der Waals surface area contributed by atoms with Gasteiger partial charge in [-0.3, -0.25) is 0 Å². The quantitative estimate of drug-likeness (QED) is 0.0503. The van der Waals surface area contributed by atoms with Gasteiger partial charge in [-0.05, 0) is 80.9 Å². The lowest BCUT2D eigenvalue weighted by Gasteiger charge is -2.30. The number of hydrogen-bond donors (Lipinski definition) is 9. The summed E-state index contributed by atoms with van der Waals surface area (Å²) >= 11 is 0. The molecule has 0 saturated carbocycles. The topological polar surface area (TPSA) is 218 Å². The fourth-order valence-corrected chi connectivity index (χ4v) is 2.54. The summed E-state index contributed by atoms with van der Waals surface area (Å²) in [7, 11) is 0. The number of aliphatic carboxylic acids is 1. The van der Waals surface area contributed by atoms with Crippen molar-refractivity contribution in [2.45, 2.75) is 133 Å². The fraction of sp³-hybridized carbons (Fsp3) is 0.757. The number of rotatable bonds is 13. The van der Waals surface area contributed by atoms with E-state index in [-0.39, 0.29) is 58.4 Å². The fourth-order valence-electron chi connectivity index (χ4n) is 2.54. The molecule has 0 aliphatic carbocycles. The zero-order valence-electron chi connectivity index (χ0n) is 33.0. The Morgan fingerprint density at radius 2 is 0.898 bits per heavy atom. The van der Waals surface area contributed by atoms with E-state index in [4.69, 9.17) is 55.4 Å². The Morgan fingerprint density at radius 3 is 1.20 bits per heavy atom. The van der Waals surface area contributed by atoms with Gasteiger partial charge in [0.15, 0.2) is 0 Å². The lowest BCUT2D eigenvalue weighted by atomic mass is 10.1. The normalized spacial score (nSPS) is 10.1. The molecule has 0 bridgehead atoms. The monoisotopic (exact) mass is 717 g/mol. The van der Waals surface area contributed by atoms with E-state index < -0.39 is 11.8 Å². The molecule has 0 spiro atoms. The Balaban J connectivity index is -0.0000000949. The number of para-hydroxylation sites is 1. The highest BCUT2D eigenvalue weighted by Gasteiger charge is 2.27. The third-order valence-electron chi connectivity index (χ3n) is 4.13. The number of carboxylic acid groups (broad SMARTS) is 1. The molecule has 1 unspecified atom stereocenters. The molecule has 12 nitrogen and oxygen atoms in total. The Labute approximate surface area is 300 Å². The second-order valence-corrected chi connectivity index (χ2v) is 9.17. The van der Waals surface area contributed by atoms with Crippen LogP contribution in [-0.2, 0) is 9.53 Å². The van der Waals surface area contributed by atoms with Crippen LogP contribution >= 0.6 is 0 Å². The van der Waals surface area contributed by atoms with Crippen LogP contribution in [0.15, 0.2) is 42.2 Å². The molecule has 1 aromatic carbocycles. The molecule has 0 aromatic heterocycles. The van der Waals surface area contributed by atoms with Crippen LogP contribution in [0.3, 0.4) is 0 Å². The van der Waals surface area contributed by atoms with E-state index in [1.807, 2.05) is 37.3 Å². The van der Waals surface area contributed by atoms with Gasteiger partial charge in [0.1, 0.15) is 5.75 Å². The number of carbonyl (C=O) groups is 1. The van der Waals surface area contributed by atoms with Crippen molar-refractivity contribution in [1.82, 2.24) is 0 Å². The van der Waals surface area contributed by atoms with Crippen molar-refractivity contribution in [3.63, 3.8) is 0 Å². The first-order chi connectivity index (χ1) is 23.3. The van der Waals surface area contributed by atoms with Crippen molar-refractivity contribution in [3.05, 3.63) is 42.2 Å². The van der Waals surface area contributed by atoms with Gasteiger partial charge >= 0.3 is 5.97 Å². The summed E-state index contributed by atoms with van der Waals surface area (Å²) in [5.41, 5.74) is 0.155. The van der Waals surface area contributed by atoms with Gasteiger partial charge in [0, 0.05) is 66.2 Å². The van der Waals surface area contributed by atoms with Gasteiger partial charge in [-0.2, -0.15) is 0 Å². The predicted octanol–water partition coefficient (Wildman–Crippen LogP) is 5.92. The van der Waals surface area contributed by atoms with E-state index in [0.29, 0.717) is 12.2 Å². The summed E-state index contributed by atoms with van der Waals surface area (Å²) in [5, 5.41) is 69.6. The van der Waals surface area contributed by atoms with Crippen LogP contribution in [0.2, 0.25) is 0 Å². The average molecular weight is 717 g/mol. The van der Waals surface area contributed by atoms with Crippen LogP contribution in [0, 0.1) is 0 Å². The maximum Gasteiger partial charge on any atom is 0.334 e. The van der Waals surface area contributed by atoms with Crippen LogP contribution in [0.1, 0.15) is 128 Å². The van der Waals surface area contributed by atoms with Crippen LogP contribution in [0.5, 0.6) is 5.75 Å². The third-order valence-corrected chi connectivity index (χ3v) is 4.13. The number of unbranched alkanes of at least 4 members (excludes halogenated alkanes) is 6. The molecule has 0 aliphatic rings. The van der Waals surface area contributed by atoms with E-state index >= 15 is 0 Å². The number of ether oxygens (including phenoxy) is 2. The highest BCUT2D eigenvalue weighted by molar-refractivity contribution is 5.85. The number of carboxylic acids is 1. The van der Waals surface area contributed by atoms with Crippen LogP contribution in [0.25, 0.3) is 0 Å². The molecule has 9 N–H and O–H groups in total. The number of aliphatic hydroxyl groups is 8. The number of benzene rings is 1. The van der Waals surface area contributed by atoms with Gasteiger partial charge in [-0.25, -0.2) is 4.79 Å². The minimum Gasteiger partial charge on any atom is -0.478 e. The Hall–Kier alpha value is -2.29. The molecular weight excluding hydrogens is 636 g/mol. The second-order valence-electron chi connectivity index (χ2n) is 9.17. The minimum absolute atomic E-state index is 0.155. The molecule has 1 rings (SSSR count). The zero-order valence-corrected chi connectivity index (χ0v) is 33.0. The molecule has 0 heterocycles. The first kappa shape index (κ1) is 65.1. The van der Waals surface area contributed by atoms with E-state index in [9.17, 15) is 4.79 Å². The van der Waals surface area contributed by atoms with Crippen molar-refractivity contribution in [2.24, 2.45) is 0 Å². The van der Waals surface area contributed by atoms with Gasteiger partial charge in [-0.1, -0.05) is 63.6 Å². The molecule has 1 atom stereocenters. The standard InChI is InChI=1S/C21H32O4.8C2H6O/c1-4-5-6-7-8-9-13-16-21(3,24-17-18(2)20(22)23)25-19-14-11-10-12-15-19;8*1-2-3/h10-12,14-15,17H,4-9,13,16H2,1-3H3,(H,22,23);8*3H,2H2,1H3. The number of aliphatic hydroxyl groups excluding tert-OH is 8. The number of hydrogen-bond acceptors (Lipinski definition) is 11. The van der Waals surface area contributed by atoms with Gasteiger partial charge in [0.05, 0.1) is 11.8 Å². The predicted molar refractivity (Wildman–Crippen MR) is 203 cm³/mol. The Kier molecular flexibility index (Phi) is 90.1. The van der Waals surface area contributed by atoms with Crippen molar-refractivity contribution < 1.29 is 60.2 Å². The van der Waals surface area contributed by atoms with E-state index in [2.05, 4.69) is 6.92 Å². The lowest BCUT2D eigenvalue weighted by molar-refractivity contribution is -0.140. The lowest BCUT2D eigenvalue weighted by Crippen LogP contribution is -2.34. The molecule has 49 heavy (non-hydrogen) atoms. The summed E-state index contributed by atoms with van der Waals surface area (Å²) in [5.74, 6) is -1.14. The van der Waals surface area contributed by atoms with Crippen LogP contribution in [0.4, 0.5) is 0 Å². The zero-order chi connectivity index (χ0) is 40.2. The molecule has 300 valence electrons. The van der Waals surface area contributed by atoms with Gasteiger partial charge in [-0.15, -0.1) is 0 Å². The largest absolute Gasteiger partial charge is 0.478 e. The molecule has 1 aromatic rings. The molecular formula is C37H80O12. The average Bonchev–Trinajstić information content (AvgIpc) is 3.03. The maximum atomic E-state index is 11.0. The van der Waals surface area contributed by atoms with Crippen molar-refractivity contribution in [1.29, 1.82) is 0 Å². The van der Waals surface area contributed by atoms with Crippen molar-refractivity contribution in [2.75, 3.05) is 52.9 Å². The highest BCUT2D eigenvalue weighted by Crippen LogP contribution is 2.26. The van der Waals surface area contributed by atoms with Gasteiger partial charge in [0.25, 0.3) is 0 Å². The molecule has 0 amide bonds. The molecule has 0 saturated heterocycles. The summed E-state index contributed by atoms with van der Waals surface area (Å²) in [6.07, 6.45) is 10.4. The summed E-state index contributed by atoms with van der Waals surface area (Å²) in [4.78, 5) is 11.0. The van der Waals surface area contributed by atoms with E-state index in [1.54, 1.807) is 55.4 Å². The molecule has 12 heteroatoms. The molecule has 0 aliphatic heterocycles. The summed E-state index contributed by atoms with van der Waals surface area (Å²) in [6, 6.07) is 9.49. The first-order valence-electron chi connectivity index (χ1n) is 17.5.